The third-order valence-corrected chi connectivity index (χ3v) is 3.27. The van der Waals surface area contributed by atoms with E-state index in [9.17, 15) is 18.5 Å². The molecule has 10 heteroatoms. The highest BCUT2D eigenvalue weighted by atomic mass is 35.5. The summed E-state index contributed by atoms with van der Waals surface area (Å²) in [6.45, 7) is -0.239. The number of hydrogen-bond donors (Lipinski definition) is 3. The number of halogens is 1. The summed E-state index contributed by atoms with van der Waals surface area (Å²) in [5.74, 6) is 0. The molecular formula is C8H9ClN2O6S. The van der Waals surface area contributed by atoms with Crippen LogP contribution in [0.4, 0.5) is 11.4 Å². The summed E-state index contributed by atoms with van der Waals surface area (Å²) >= 11 is 5.61. The van der Waals surface area contributed by atoms with Gasteiger partial charge in [0.15, 0.2) is 0 Å². The minimum atomic E-state index is -4.64. The molecule has 18 heavy (non-hydrogen) atoms. The number of aliphatic hydroxyl groups excluding tert-OH is 1. The topological polar surface area (TPSA) is 130 Å². The van der Waals surface area contributed by atoms with Crippen molar-refractivity contribution in [2.45, 2.75) is 4.90 Å². The molecule has 0 aromatic heterocycles. The van der Waals surface area contributed by atoms with Crippen LogP contribution in [0.25, 0.3) is 0 Å². The van der Waals surface area contributed by atoms with Gasteiger partial charge in [-0.3, -0.25) is 14.7 Å². The van der Waals surface area contributed by atoms with Crippen molar-refractivity contribution in [2.24, 2.45) is 0 Å². The molecule has 0 unspecified atom stereocenters. The Morgan fingerprint density at radius 2 is 2.06 bits per heavy atom. The van der Waals surface area contributed by atoms with E-state index in [-0.39, 0.29) is 23.9 Å². The number of aliphatic hydroxyl groups is 1. The Morgan fingerprint density at radius 3 is 2.50 bits per heavy atom. The van der Waals surface area contributed by atoms with Gasteiger partial charge in [-0.1, -0.05) is 11.6 Å². The van der Waals surface area contributed by atoms with Crippen molar-refractivity contribution < 1.29 is 23.0 Å². The molecule has 0 saturated heterocycles. The molecule has 0 aliphatic heterocycles. The van der Waals surface area contributed by atoms with Crippen LogP contribution in [0, 0.1) is 10.1 Å². The molecule has 0 bridgehead atoms. The summed E-state index contributed by atoms with van der Waals surface area (Å²) < 4.78 is 30.7. The molecule has 0 aliphatic carbocycles. The molecule has 0 radical (unpaired) electrons. The largest absolute Gasteiger partial charge is 0.395 e. The fraction of sp³-hybridized carbons (Fsp3) is 0.250. The predicted octanol–water partition coefficient (Wildman–Crippen LogP) is 0.899. The molecule has 0 saturated carbocycles. The molecule has 0 fully saturated rings. The van der Waals surface area contributed by atoms with E-state index in [0.29, 0.717) is 6.07 Å². The molecule has 1 aromatic rings. The van der Waals surface area contributed by atoms with E-state index in [4.69, 9.17) is 21.3 Å². The molecule has 0 heterocycles. The maximum atomic E-state index is 10.9. The second kappa shape index (κ2) is 5.48. The lowest BCUT2D eigenvalue weighted by molar-refractivity contribution is -0.384. The number of nitrogens with one attached hydrogen (secondary N) is 1. The van der Waals surface area contributed by atoms with Crippen molar-refractivity contribution in [3.05, 3.63) is 27.3 Å². The average Bonchev–Trinajstić information content (AvgIpc) is 2.23. The minimum absolute atomic E-state index is 0.0301. The van der Waals surface area contributed by atoms with Crippen LogP contribution in [0.5, 0.6) is 0 Å². The monoisotopic (exact) mass is 296 g/mol. The van der Waals surface area contributed by atoms with Crippen LogP contribution in [0.1, 0.15) is 0 Å². The van der Waals surface area contributed by atoms with Gasteiger partial charge in [-0.15, -0.1) is 0 Å². The van der Waals surface area contributed by atoms with Gasteiger partial charge in [0.1, 0.15) is 10.6 Å². The lowest BCUT2D eigenvalue weighted by Gasteiger charge is -2.08. The molecule has 1 rings (SSSR count). The highest BCUT2D eigenvalue weighted by Crippen LogP contribution is 2.33. The number of rotatable bonds is 5. The van der Waals surface area contributed by atoms with Gasteiger partial charge in [0.05, 0.1) is 16.6 Å². The second-order valence-corrected chi connectivity index (χ2v) is 4.98. The quantitative estimate of drug-likeness (QED) is 0.418. The maximum Gasteiger partial charge on any atom is 0.296 e. The SMILES string of the molecule is O=[N+]([O-])c1cc(S(=O)(=O)O)c(Cl)cc1NCCO. The Hall–Kier alpha value is -1.42. The fourth-order valence-electron chi connectivity index (χ4n) is 1.22. The predicted molar refractivity (Wildman–Crippen MR) is 63.5 cm³/mol. The van der Waals surface area contributed by atoms with Gasteiger partial charge in [0, 0.05) is 12.6 Å². The highest BCUT2D eigenvalue weighted by molar-refractivity contribution is 7.86. The van der Waals surface area contributed by atoms with Gasteiger partial charge in [0.25, 0.3) is 15.8 Å². The zero-order valence-electron chi connectivity index (χ0n) is 8.83. The Balaban J connectivity index is 3.39. The van der Waals surface area contributed by atoms with Gasteiger partial charge in [-0.05, 0) is 6.07 Å². The number of nitro benzene ring substituents is 1. The van der Waals surface area contributed by atoms with Gasteiger partial charge >= 0.3 is 0 Å². The Kier molecular flexibility index (Phi) is 4.46. The molecule has 8 nitrogen and oxygen atoms in total. The summed E-state index contributed by atoms with van der Waals surface area (Å²) in [5.41, 5.74) is -0.619. The first-order chi connectivity index (χ1) is 8.27. The lowest BCUT2D eigenvalue weighted by Crippen LogP contribution is -2.09. The van der Waals surface area contributed by atoms with Crippen molar-refractivity contribution >= 4 is 33.1 Å². The number of nitro groups is 1. The fourth-order valence-corrected chi connectivity index (χ4v) is 2.25. The Labute approximate surface area is 107 Å². The molecular weight excluding hydrogens is 288 g/mol. The average molecular weight is 297 g/mol. The Morgan fingerprint density at radius 1 is 1.44 bits per heavy atom. The first kappa shape index (κ1) is 14.6. The van der Waals surface area contributed by atoms with Gasteiger partial charge < -0.3 is 10.4 Å². The molecule has 0 spiro atoms. The van der Waals surface area contributed by atoms with E-state index in [1.807, 2.05) is 0 Å². The third kappa shape index (κ3) is 3.29. The zero-order valence-corrected chi connectivity index (χ0v) is 10.4. The van der Waals surface area contributed by atoms with Crippen molar-refractivity contribution in [1.82, 2.24) is 0 Å². The van der Waals surface area contributed by atoms with Crippen LogP contribution in [0.3, 0.4) is 0 Å². The number of anilines is 1. The van der Waals surface area contributed by atoms with Crippen LogP contribution in [0.2, 0.25) is 5.02 Å². The number of nitrogens with zero attached hydrogens (tertiary/aromatic N) is 1. The van der Waals surface area contributed by atoms with Gasteiger partial charge in [0.2, 0.25) is 0 Å². The van der Waals surface area contributed by atoms with E-state index >= 15 is 0 Å². The molecule has 3 N–H and O–H groups in total. The standard InChI is InChI=1S/C8H9ClN2O6S/c9-5-3-6(10-1-2-12)7(11(13)14)4-8(5)18(15,16)17/h3-4,10,12H,1-2H2,(H,15,16,17). The number of benzene rings is 1. The van der Waals surface area contributed by atoms with Crippen molar-refractivity contribution in [3.8, 4) is 0 Å². The summed E-state index contributed by atoms with van der Waals surface area (Å²) in [6.07, 6.45) is 0. The number of hydrogen-bond acceptors (Lipinski definition) is 6. The Bertz CT molecular complexity index is 573. The van der Waals surface area contributed by atoms with E-state index in [0.717, 1.165) is 6.07 Å². The summed E-state index contributed by atoms with van der Waals surface area (Å²) in [4.78, 5) is 9.19. The van der Waals surface area contributed by atoms with E-state index in [2.05, 4.69) is 5.32 Å². The van der Waals surface area contributed by atoms with E-state index in [1.54, 1.807) is 0 Å². The third-order valence-electron chi connectivity index (χ3n) is 1.95. The highest BCUT2D eigenvalue weighted by Gasteiger charge is 2.23. The first-order valence-corrected chi connectivity index (χ1v) is 6.39. The van der Waals surface area contributed by atoms with Gasteiger partial charge in [-0.2, -0.15) is 8.42 Å². The minimum Gasteiger partial charge on any atom is -0.395 e. The van der Waals surface area contributed by atoms with Crippen LogP contribution in [-0.2, 0) is 10.1 Å². The maximum absolute atomic E-state index is 10.9. The van der Waals surface area contributed by atoms with Crippen LogP contribution in [0.15, 0.2) is 17.0 Å². The van der Waals surface area contributed by atoms with Crippen molar-refractivity contribution in [3.63, 3.8) is 0 Å². The molecule has 0 atom stereocenters. The molecule has 0 amide bonds. The van der Waals surface area contributed by atoms with Crippen LogP contribution in [-0.4, -0.2) is 36.2 Å². The first-order valence-electron chi connectivity index (χ1n) is 4.57. The summed E-state index contributed by atoms with van der Waals surface area (Å²) in [7, 11) is -4.64. The van der Waals surface area contributed by atoms with Crippen molar-refractivity contribution in [1.29, 1.82) is 0 Å². The van der Waals surface area contributed by atoms with Gasteiger partial charge in [-0.25, -0.2) is 0 Å². The summed E-state index contributed by atoms with van der Waals surface area (Å²) in [6, 6.07) is 1.65. The van der Waals surface area contributed by atoms with Crippen LogP contribution < -0.4 is 5.32 Å². The van der Waals surface area contributed by atoms with E-state index in [1.165, 1.54) is 0 Å². The lowest BCUT2D eigenvalue weighted by atomic mass is 10.2. The summed E-state index contributed by atoms with van der Waals surface area (Å²) in [5, 5.41) is 21.5. The normalized spacial score (nSPS) is 11.3. The smallest absolute Gasteiger partial charge is 0.296 e. The molecule has 100 valence electrons. The molecule has 1 aromatic carbocycles. The van der Waals surface area contributed by atoms with Crippen molar-refractivity contribution in [2.75, 3.05) is 18.5 Å². The molecule has 0 aliphatic rings. The zero-order chi connectivity index (χ0) is 13.9. The second-order valence-electron chi connectivity index (χ2n) is 3.18. The van der Waals surface area contributed by atoms with Crippen LogP contribution >= 0.6 is 11.6 Å². The van der Waals surface area contributed by atoms with E-state index < -0.39 is 25.6 Å².